The smallest absolute Gasteiger partial charge is 0.201 e. The Labute approximate surface area is 154 Å². The second kappa shape index (κ2) is 6.66. The van der Waals surface area contributed by atoms with E-state index in [1.165, 1.54) is 22.3 Å². The number of rotatable bonds is 2. The summed E-state index contributed by atoms with van der Waals surface area (Å²) in [6.07, 6.45) is 8.47. The van der Waals surface area contributed by atoms with Crippen LogP contribution in [0.15, 0.2) is 60.7 Å². The van der Waals surface area contributed by atoms with E-state index in [0.29, 0.717) is 0 Å². The van der Waals surface area contributed by atoms with E-state index >= 15 is 0 Å². The highest BCUT2D eigenvalue weighted by molar-refractivity contribution is 5.73. The Bertz CT molecular complexity index is 788. The van der Waals surface area contributed by atoms with E-state index in [-0.39, 0.29) is 12.2 Å². The Morgan fingerprint density at radius 3 is 2.27 bits per heavy atom. The number of hydrogen-bond donors (Lipinski definition) is 0. The van der Waals surface area contributed by atoms with E-state index in [1.54, 1.807) is 0 Å². The molecule has 5 rings (SSSR count). The summed E-state index contributed by atoms with van der Waals surface area (Å²) in [4.78, 5) is 11.7. The summed E-state index contributed by atoms with van der Waals surface area (Å²) in [5.74, 6) is -0.485. The number of hydrogen-bond acceptors (Lipinski definition) is 3. The molecule has 1 spiro atoms. The van der Waals surface area contributed by atoms with Crippen molar-refractivity contribution in [3.63, 3.8) is 0 Å². The zero-order chi connectivity index (χ0) is 17.4. The monoisotopic (exact) mass is 348 g/mol. The van der Waals surface area contributed by atoms with Crippen LogP contribution in [0.25, 0.3) is 16.7 Å². The van der Waals surface area contributed by atoms with E-state index in [4.69, 9.17) is 14.5 Å². The molecule has 2 aromatic rings. The number of benzene rings is 2. The van der Waals surface area contributed by atoms with Crippen LogP contribution in [0, 0.1) is 0 Å². The minimum Gasteiger partial charge on any atom is -0.341 e. The van der Waals surface area contributed by atoms with E-state index < -0.39 is 5.79 Å². The zero-order valence-corrected chi connectivity index (χ0v) is 14.9. The molecule has 0 bridgehead atoms. The van der Waals surface area contributed by atoms with Crippen LogP contribution in [0.2, 0.25) is 0 Å². The van der Waals surface area contributed by atoms with Gasteiger partial charge in [0.15, 0.2) is 0 Å². The van der Waals surface area contributed by atoms with Gasteiger partial charge in [0.2, 0.25) is 5.79 Å². The third kappa shape index (κ3) is 2.90. The van der Waals surface area contributed by atoms with Gasteiger partial charge in [0, 0.05) is 12.8 Å². The van der Waals surface area contributed by atoms with Gasteiger partial charge < -0.3 is 4.74 Å². The molecule has 134 valence electrons. The molecule has 3 heteroatoms. The molecule has 1 heterocycles. The minimum atomic E-state index is -0.485. The number of fused-ring (bicyclic) bond motifs is 1. The van der Waals surface area contributed by atoms with Crippen molar-refractivity contribution in [1.82, 2.24) is 0 Å². The molecular formula is C23H24O3. The van der Waals surface area contributed by atoms with Gasteiger partial charge in [-0.25, -0.2) is 9.78 Å². The maximum Gasteiger partial charge on any atom is 0.201 e. The largest absolute Gasteiger partial charge is 0.341 e. The first-order valence-electron chi connectivity index (χ1n) is 9.71. The third-order valence-corrected chi connectivity index (χ3v) is 5.82. The minimum absolute atomic E-state index is 0.0932. The summed E-state index contributed by atoms with van der Waals surface area (Å²) in [6.45, 7) is 0. The van der Waals surface area contributed by atoms with Gasteiger partial charge in [-0.2, -0.15) is 0 Å². The molecule has 0 amide bonds. The van der Waals surface area contributed by atoms with Crippen LogP contribution in [0.1, 0.15) is 44.1 Å². The molecule has 2 aromatic carbocycles. The van der Waals surface area contributed by atoms with Gasteiger partial charge in [-0.05, 0) is 47.9 Å². The highest BCUT2D eigenvalue weighted by Crippen LogP contribution is 2.44. The third-order valence-electron chi connectivity index (χ3n) is 5.82. The van der Waals surface area contributed by atoms with Gasteiger partial charge in [0.25, 0.3) is 0 Å². The van der Waals surface area contributed by atoms with E-state index in [1.807, 2.05) is 6.07 Å². The quantitative estimate of drug-likeness (QED) is 0.669. The lowest BCUT2D eigenvalue weighted by Crippen LogP contribution is -2.50. The van der Waals surface area contributed by atoms with Crippen molar-refractivity contribution in [2.45, 2.75) is 56.5 Å². The SMILES string of the molecule is C1=C(c2ccc(-c3ccccc3)cc2)[C@@H]2OOC3(CCCC3)O[C@H]2CC1. The summed E-state index contributed by atoms with van der Waals surface area (Å²) >= 11 is 0. The van der Waals surface area contributed by atoms with Crippen LogP contribution in [0.5, 0.6) is 0 Å². The molecular weight excluding hydrogens is 324 g/mol. The van der Waals surface area contributed by atoms with Crippen LogP contribution < -0.4 is 0 Å². The molecule has 1 saturated heterocycles. The number of ether oxygens (including phenoxy) is 1. The maximum absolute atomic E-state index is 6.40. The molecule has 1 aliphatic heterocycles. The average molecular weight is 348 g/mol. The van der Waals surface area contributed by atoms with Crippen molar-refractivity contribution in [2.75, 3.05) is 0 Å². The predicted octanol–water partition coefficient (Wildman–Crippen LogP) is 5.52. The molecule has 3 nitrogen and oxygen atoms in total. The van der Waals surface area contributed by atoms with E-state index in [2.05, 4.69) is 54.6 Å². The van der Waals surface area contributed by atoms with Crippen molar-refractivity contribution in [1.29, 1.82) is 0 Å². The lowest BCUT2D eigenvalue weighted by molar-refractivity contribution is -0.492. The Balaban J connectivity index is 1.37. The Hall–Kier alpha value is -1.94. The molecule has 0 unspecified atom stereocenters. The molecule has 26 heavy (non-hydrogen) atoms. The van der Waals surface area contributed by atoms with Gasteiger partial charge in [0.1, 0.15) is 6.10 Å². The second-order valence-electron chi connectivity index (χ2n) is 7.55. The Morgan fingerprint density at radius 2 is 1.50 bits per heavy atom. The van der Waals surface area contributed by atoms with E-state index in [0.717, 1.165) is 38.5 Å². The van der Waals surface area contributed by atoms with Crippen LogP contribution in [0.3, 0.4) is 0 Å². The molecule has 1 saturated carbocycles. The van der Waals surface area contributed by atoms with Gasteiger partial charge in [-0.15, -0.1) is 0 Å². The Kier molecular flexibility index (Phi) is 4.16. The summed E-state index contributed by atoms with van der Waals surface area (Å²) in [5, 5.41) is 0. The summed E-state index contributed by atoms with van der Waals surface area (Å²) < 4.78 is 6.40. The van der Waals surface area contributed by atoms with Gasteiger partial charge in [-0.1, -0.05) is 60.7 Å². The fraction of sp³-hybridized carbons (Fsp3) is 0.391. The molecule has 2 atom stereocenters. The first-order valence-corrected chi connectivity index (χ1v) is 9.71. The normalized spacial score (nSPS) is 27.2. The van der Waals surface area contributed by atoms with E-state index in [9.17, 15) is 0 Å². The van der Waals surface area contributed by atoms with Crippen LogP contribution in [0.4, 0.5) is 0 Å². The van der Waals surface area contributed by atoms with Crippen molar-refractivity contribution in [3.8, 4) is 11.1 Å². The standard InChI is InChI=1S/C23H24O3/c1-2-7-17(8-3-1)18-11-13-19(14-12-18)20-9-6-10-21-22(20)25-26-23(24-21)15-4-5-16-23/h1-3,7-9,11-14,21-22H,4-6,10,15-16H2/t21-,22-/m0/s1. The van der Waals surface area contributed by atoms with Crippen LogP contribution >= 0.6 is 0 Å². The van der Waals surface area contributed by atoms with Crippen LogP contribution in [-0.4, -0.2) is 18.0 Å². The molecule has 2 aliphatic carbocycles. The molecule has 2 fully saturated rings. The highest BCUT2D eigenvalue weighted by atomic mass is 17.2. The predicted molar refractivity (Wildman–Crippen MR) is 101 cm³/mol. The zero-order valence-electron chi connectivity index (χ0n) is 14.9. The van der Waals surface area contributed by atoms with Gasteiger partial charge in [-0.3, -0.25) is 0 Å². The maximum atomic E-state index is 6.40. The fourth-order valence-corrected chi connectivity index (χ4v) is 4.42. The summed E-state index contributed by atoms with van der Waals surface area (Å²) in [6, 6.07) is 19.2. The molecule has 3 aliphatic rings. The highest BCUT2D eigenvalue weighted by Gasteiger charge is 2.48. The summed E-state index contributed by atoms with van der Waals surface area (Å²) in [5.41, 5.74) is 4.84. The lowest BCUT2D eigenvalue weighted by Gasteiger charge is -2.43. The van der Waals surface area contributed by atoms with Gasteiger partial charge >= 0.3 is 0 Å². The van der Waals surface area contributed by atoms with Crippen molar-refractivity contribution in [2.24, 2.45) is 0 Å². The van der Waals surface area contributed by atoms with Gasteiger partial charge in [0.05, 0.1) is 6.10 Å². The first kappa shape index (κ1) is 16.2. The molecule has 0 radical (unpaired) electrons. The van der Waals surface area contributed by atoms with Crippen molar-refractivity contribution < 1.29 is 14.5 Å². The molecule has 0 aromatic heterocycles. The van der Waals surface area contributed by atoms with Crippen molar-refractivity contribution >= 4 is 5.57 Å². The lowest BCUT2D eigenvalue weighted by atomic mass is 9.87. The van der Waals surface area contributed by atoms with Crippen LogP contribution in [-0.2, 0) is 14.5 Å². The first-order chi connectivity index (χ1) is 12.8. The fourth-order valence-electron chi connectivity index (χ4n) is 4.42. The second-order valence-corrected chi connectivity index (χ2v) is 7.55. The number of allylic oxidation sites excluding steroid dienone is 1. The average Bonchev–Trinajstić information content (AvgIpc) is 3.16. The molecule has 0 N–H and O–H groups in total. The topological polar surface area (TPSA) is 27.7 Å². The summed E-state index contributed by atoms with van der Waals surface area (Å²) in [7, 11) is 0. The Morgan fingerprint density at radius 1 is 0.808 bits per heavy atom. The van der Waals surface area contributed by atoms with Crippen molar-refractivity contribution in [3.05, 3.63) is 66.2 Å².